The Bertz CT molecular complexity index is 980. The van der Waals surface area contributed by atoms with Gasteiger partial charge >= 0.3 is 0 Å². The normalized spacial score (nSPS) is 10.9. The van der Waals surface area contributed by atoms with Crippen molar-refractivity contribution in [2.24, 2.45) is 0 Å². The lowest BCUT2D eigenvalue weighted by Crippen LogP contribution is -2.33. The van der Waals surface area contributed by atoms with E-state index in [4.69, 9.17) is 16.6 Å². The first kappa shape index (κ1) is 19.8. The van der Waals surface area contributed by atoms with Gasteiger partial charge in [0.2, 0.25) is 5.91 Å². The summed E-state index contributed by atoms with van der Waals surface area (Å²) in [4.78, 5) is 31.9. The quantitative estimate of drug-likeness (QED) is 0.620. The minimum Gasteiger partial charge on any atom is -0.352 e. The van der Waals surface area contributed by atoms with Crippen molar-refractivity contribution in [2.45, 2.75) is 32.9 Å². The molecule has 3 rings (SSSR count). The number of rotatable bonds is 7. The van der Waals surface area contributed by atoms with Crippen molar-refractivity contribution >= 4 is 23.8 Å². The summed E-state index contributed by atoms with van der Waals surface area (Å²) < 4.78 is 1.80. The third kappa shape index (κ3) is 4.84. The van der Waals surface area contributed by atoms with Crippen molar-refractivity contribution in [2.75, 3.05) is 0 Å². The fourth-order valence-electron chi connectivity index (χ4n) is 2.84. The van der Waals surface area contributed by atoms with E-state index in [1.54, 1.807) is 22.9 Å². The van der Waals surface area contributed by atoms with Gasteiger partial charge in [-0.2, -0.15) is 0 Å². The summed E-state index contributed by atoms with van der Waals surface area (Å²) in [5.41, 5.74) is 3.02. The van der Waals surface area contributed by atoms with Crippen LogP contribution in [0.25, 0.3) is 22.6 Å². The lowest BCUT2D eigenvalue weighted by Gasteiger charge is -2.11. The Balaban J connectivity index is 1.99. The first-order chi connectivity index (χ1) is 13.5. The minimum atomic E-state index is -0.0957. The van der Waals surface area contributed by atoms with Crippen molar-refractivity contribution in [3.8, 4) is 22.6 Å². The van der Waals surface area contributed by atoms with E-state index in [1.807, 2.05) is 44.3 Å². The summed E-state index contributed by atoms with van der Waals surface area (Å²) >= 11 is 6.14. The summed E-state index contributed by atoms with van der Waals surface area (Å²) in [5, 5.41) is 3.49. The number of amides is 1. The number of nitrogens with zero attached hydrogens (tertiary/aromatic N) is 3. The van der Waals surface area contributed by atoms with Crippen LogP contribution >= 0.6 is 11.6 Å². The van der Waals surface area contributed by atoms with Gasteiger partial charge in [0.25, 0.3) is 0 Å². The molecule has 1 amide bonds. The number of aldehydes is 1. The van der Waals surface area contributed by atoms with Crippen LogP contribution in [0.3, 0.4) is 0 Å². The van der Waals surface area contributed by atoms with E-state index < -0.39 is 0 Å². The van der Waals surface area contributed by atoms with Gasteiger partial charge in [-0.1, -0.05) is 23.7 Å². The molecule has 2 aromatic heterocycles. The molecule has 6 nitrogen and oxygen atoms in total. The molecule has 0 bridgehead atoms. The Kier molecular flexibility index (Phi) is 6.21. The highest BCUT2D eigenvalue weighted by atomic mass is 35.5. The molecule has 2 heterocycles. The number of nitrogens with one attached hydrogen (secondary N) is 1. The molecule has 0 saturated carbocycles. The highest BCUT2D eigenvalue weighted by Crippen LogP contribution is 2.26. The Morgan fingerprint density at radius 3 is 2.71 bits per heavy atom. The molecule has 3 aromatic rings. The second kappa shape index (κ2) is 8.80. The number of hydrogen-bond donors (Lipinski definition) is 1. The maximum absolute atomic E-state index is 12.3. The average molecular weight is 397 g/mol. The predicted octanol–water partition coefficient (Wildman–Crippen LogP) is 3.53. The number of carbonyl (C=O) groups is 2. The van der Waals surface area contributed by atoms with E-state index >= 15 is 0 Å². The third-order valence-corrected chi connectivity index (χ3v) is 4.27. The lowest BCUT2D eigenvalue weighted by molar-refractivity contribution is -0.122. The second-order valence-corrected chi connectivity index (χ2v) is 7.16. The molecule has 7 heteroatoms. The van der Waals surface area contributed by atoms with Gasteiger partial charge in [0.1, 0.15) is 18.7 Å². The van der Waals surface area contributed by atoms with Gasteiger partial charge in [-0.05, 0) is 38.1 Å². The second-order valence-electron chi connectivity index (χ2n) is 6.72. The molecule has 0 radical (unpaired) electrons. The predicted molar refractivity (Wildman–Crippen MR) is 109 cm³/mol. The molecule has 28 heavy (non-hydrogen) atoms. The van der Waals surface area contributed by atoms with E-state index in [0.29, 0.717) is 22.2 Å². The number of hydrogen-bond acceptors (Lipinski definition) is 4. The minimum absolute atomic E-state index is 0.0553. The monoisotopic (exact) mass is 396 g/mol. The smallest absolute Gasteiger partial charge is 0.240 e. The molecule has 1 aromatic carbocycles. The van der Waals surface area contributed by atoms with Gasteiger partial charge < -0.3 is 14.7 Å². The van der Waals surface area contributed by atoms with E-state index in [-0.39, 0.29) is 24.9 Å². The van der Waals surface area contributed by atoms with Crippen LogP contribution in [0.1, 0.15) is 19.5 Å². The van der Waals surface area contributed by atoms with Crippen LogP contribution in [-0.4, -0.2) is 32.8 Å². The van der Waals surface area contributed by atoms with Crippen LogP contribution in [0.4, 0.5) is 0 Å². The standard InChI is InChI=1S/C21H21ClN4O2/c1-14(2)24-20(28)13-26-12-19(16-6-7-18(8-9-27)23-11-16)25-21(26)15-4-3-5-17(22)10-15/h3-7,9-12,14H,8,13H2,1-2H3,(H,24,28). The number of halogens is 1. The van der Waals surface area contributed by atoms with Crippen LogP contribution in [0, 0.1) is 0 Å². The topological polar surface area (TPSA) is 76.9 Å². The largest absolute Gasteiger partial charge is 0.352 e. The van der Waals surface area contributed by atoms with Crippen LogP contribution < -0.4 is 5.32 Å². The van der Waals surface area contributed by atoms with Crippen molar-refractivity contribution in [1.29, 1.82) is 0 Å². The molecule has 0 saturated heterocycles. The molecule has 1 N–H and O–H groups in total. The van der Waals surface area contributed by atoms with Crippen LogP contribution in [0.15, 0.2) is 48.8 Å². The number of benzene rings is 1. The number of carbonyl (C=O) groups excluding carboxylic acids is 2. The van der Waals surface area contributed by atoms with Crippen molar-refractivity contribution in [3.05, 3.63) is 59.5 Å². The van der Waals surface area contributed by atoms with Crippen LogP contribution in [0.5, 0.6) is 0 Å². The molecule has 0 spiro atoms. The maximum Gasteiger partial charge on any atom is 0.240 e. The first-order valence-corrected chi connectivity index (χ1v) is 9.35. The molecular formula is C21H21ClN4O2. The maximum atomic E-state index is 12.3. The summed E-state index contributed by atoms with van der Waals surface area (Å²) in [6.07, 6.45) is 4.60. The van der Waals surface area contributed by atoms with Crippen molar-refractivity contribution < 1.29 is 9.59 Å². The van der Waals surface area contributed by atoms with Crippen molar-refractivity contribution in [3.63, 3.8) is 0 Å². The number of imidazole rings is 1. The molecule has 0 aliphatic heterocycles. The fraction of sp³-hybridized carbons (Fsp3) is 0.238. The Hall–Kier alpha value is -2.99. The molecular weight excluding hydrogens is 376 g/mol. The Morgan fingerprint density at radius 1 is 1.25 bits per heavy atom. The molecule has 0 aliphatic rings. The van der Waals surface area contributed by atoms with Gasteiger partial charge in [0.15, 0.2) is 0 Å². The lowest BCUT2D eigenvalue weighted by atomic mass is 10.2. The van der Waals surface area contributed by atoms with Gasteiger partial charge in [-0.25, -0.2) is 4.98 Å². The van der Waals surface area contributed by atoms with Gasteiger partial charge in [0.05, 0.1) is 5.69 Å². The zero-order valence-corrected chi connectivity index (χ0v) is 16.5. The molecule has 144 valence electrons. The molecule has 0 unspecified atom stereocenters. The SMILES string of the molecule is CC(C)NC(=O)Cn1cc(-c2ccc(CC=O)nc2)nc1-c1cccc(Cl)c1. The van der Waals surface area contributed by atoms with Gasteiger partial charge in [-0.3, -0.25) is 9.78 Å². The molecule has 0 atom stereocenters. The highest BCUT2D eigenvalue weighted by molar-refractivity contribution is 6.30. The van der Waals surface area contributed by atoms with Gasteiger partial charge in [0, 0.05) is 46.7 Å². The summed E-state index contributed by atoms with van der Waals surface area (Å²) in [6.45, 7) is 3.98. The Labute approximate surface area is 168 Å². The summed E-state index contributed by atoms with van der Waals surface area (Å²) in [5.74, 6) is 0.551. The van der Waals surface area contributed by atoms with E-state index in [2.05, 4.69) is 10.3 Å². The van der Waals surface area contributed by atoms with Gasteiger partial charge in [-0.15, -0.1) is 0 Å². The Morgan fingerprint density at radius 2 is 2.07 bits per heavy atom. The third-order valence-electron chi connectivity index (χ3n) is 4.04. The zero-order valence-electron chi connectivity index (χ0n) is 15.7. The summed E-state index contributed by atoms with van der Waals surface area (Å²) in [7, 11) is 0. The van der Waals surface area contributed by atoms with E-state index in [9.17, 15) is 9.59 Å². The fourth-order valence-corrected chi connectivity index (χ4v) is 3.03. The van der Waals surface area contributed by atoms with Crippen LogP contribution in [0.2, 0.25) is 5.02 Å². The highest BCUT2D eigenvalue weighted by Gasteiger charge is 2.15. The zero-order chi connectivity index (χ0) is 20.1. The van der Waals surface area contributed by atoms with E-state index in [1.165, 1.54) is 0 Å². The van der Waals surface area contributed by atoms with Crippen molar-refractivity contribution in [1.82, 2.24) is 19.9 Å². The van der Waals surface area contributed by atoms with E-state index in [0.717, 1.165) is 17.4 Å². The average Bonchev–Trinajstić information content (AvgIpc) is 3.05. The van der Waals surface area contributed by atoms with Crippen LogP contribution in [-0.2, 0) is 22.6 Å². The summed E-state index contributed by atoms with van der Waals surface area (Å²) in [6, 6.07) is 11.1. The molecule has 0 fully saturated rings. The number of aromatic nitrogens is 3. The first-order valence-electron chi connectivity index (χ1n) is 8.97. The number of pyridine rings is 1. The molecule has 0 aliphatic carbocycles.